The van der Waals surface area contributed by atoms with Gasteiger partial charge >= 0.3 is 0 Å². The number of nitrogens with zero attached hydrogens (tertiary/aromatic N) is 4. The highest BCUT2D eigenvalue weighted by Crippen LogP contribution is 2.29. The van der Waals surface area contributed by atoms with Crippen molar-refractivity contribution in [1.82, 2.24) is 14.6 Å². The normalized spacial score (nSPS) is 12.8. The van der Waals surface area contributed by atoms with Crippen molar-refractivity contribution < 1.29 is 9.59 Å². The van der Waals surface area contributed by atoms with Crippen LogP contribution in [0.1, 0.15) is 37.7 Å². The first-order chi connectivity index (χ1) is 15.0. The van der Waals surface area contributed by atoms with Gasteiger partial charge in [-0.1, -0.05) is 18.2 Å². The molecule has 2 aromatic carbocycles. The Kier molecular flexibility index (Phi) is 4.51. The molecule has 0 spiro atoms. The zero-order chi connectivity index (χ0) is 21.5. The Hall–Kier alpha value is -4.00. The van der Waals surface area contributed by atoms with Gasteiger partial charge in [-0.3, -0.25) is 9.59 Å². The summed E-state index contributed by atoms with van der Waals surface area (Å²) in [7, 11) is 0. The van der Waals surface area contributed by atoms with E-state index in [1.165, 1.54) is 11.8 Å². The van der Waals surface area contributed by atoms with Gasteiger partial charge in [0, 0.05) is 34.9 Å². The summed E-state index contributed by atoms with van der Waals surface area (Å²) in [4.78, 5) is 32.0. The Morgan fingerprint density at radius 3 is 2.61 bits per heavy atom. The minimum atomic E-state index is -0.292. The van der Waals surface area contributed by atoms with Crippen molar-refractivity contribution in [3.8, 4) is 0 Å². The van der Waals surface area contributed by atoms with Crippen LogP contribution in [-0.2, 0) is 6.42 Å². The predicted molar refractivity (Wildman–Crippen MR) is 119 cm³/mol. The fourth-order valence-electron chi connectivity index (χ4n) is 4.03. The maximum Gasteiger partial charge on any atom is 0.261 e. The lowest BCUT2D eigenvalue weighted by Crippen LogP contribution is -2.28. The summed E-state index contributed by atoms with van der Waals surface area (Å²) in [6.45, 7) is 4.48. The molecule has 1 aliphatic rings. The van der Waals surface area contributed by atoms with Crippen LogP contribution >= 0.6 is 0 Å². The lowest BCUT2D eigenvalue weighted by atomic mass is 10.1. The van der Waals surface area contributed by atoms with Gasteiger partial charge in [-0.15, -0.1) is 0 Å². The molecule has 3 heterocycles. The molecule has 0 saturated carbocycles. The molecule has 0 fully saturated rings. The number of hydrogen-bond acceptors (Lipinski definition) is 4. The van der Waals surface area contributed by atoms with E-state index in [4.69, 9.17) is 0 Å². The Morgan fingerprint density at radius 1 is 1.03 bits per heavy atom. The molecule has 0 atom stereocenters. The summed E-state index contributed by atoms with van der Waals surface area (Å²) >= 11 is 0. The molecular weight excluding hydrogens is 390 g/mol. The fourth-order valence-corrected chi connectivity index (χ4v) is 4.03. The second-order valence-electron chi connectivity index (χ2n) is 7.70. The molecule has 2 aromatic heterocycles. The van der Waals surface area contributed by atoms with Gasteiger partial charge in [-0.2, -0.15) is 5.10 Å². The molecule has 154 valence electrons. The van der Waals surface area contributed by atoms with Crippen molar-refractivity contribution in [2.24, 2.45) is 0 Å². The van der Waals surface area contributed by atoms with Gasteiger partial charge in [-0.05, 0) is 62.2 Å². The molecule has 0 saturated heterocycles. The van der Waals surface area contributed by atoms with Gasteiger partial charge in [0.25, 0.3) is 11.8 Å². The van der Waals surface area contributed by atoms with Crippen molar-refractivity contribution in [3.05, 3.63) is 88.9 Å². The minimum absolute atomic E-state index is 0.0411. The monoisotopic (exact) mass is 411 g/mol. The Labute approximate surface area is 179 Å². The van der Waals surface area contributed by atoms with Crippen molar-refractivity contribution >= 4 is 28.8 Å². The number of anilines is 2. The number of aromatic nitrogens is 3. The molecule has 7 nitrogen and oxygen atoms in total. The van der Waals surface area contributed by atoms with Gasteiger partial charge in [0.15, 0.2) is 5.65 Å². The number of rotatable bonds is 3. The summed E-state index contributed by atoms with van der Waals surface area (Å²) in [6, 6.07) is 16.8. The predicted octanol–water partition coefficient (Wildman–Crippen LogP) is 3.80. The molecule has 7 heteroatoms. The first-order valence-corrected chi connectivity index (χ1v) is 10.1. The number of aryl methyl sites for hydroxylation is 2. The molecule has 1 aliphatic heterocycles. The molecule has 31 heavy (non-hydrogen) atoms. The third-order valence-electron chi connectivity index (χ3n) is 5.54. The topological polar surface area (TPSA) is 79.6 Å². The van der Waals surface area contributed by atoms with Gasteiger partial charge in [0.1, 0.15) is 5.56 Å². The maximum absolute atomic E-state index is 13.0. The molecule has 5 rings (SSSR count). The number of para-hydroxylation sites is 1. The molecule has 4 aromatic rings. The van der Waals surface area contributed by atoms with E-state index in [1.807, 2.05) is 38.1 Å². The van der Waals surface area contributed by atoms with Gasteiger partial charge in [-0.25, -0.2) is 9.50 Å². The number of amides is 2. The standard InChI is InChI=1S/C24H21N5O2/c1-15-13-16(2)29-22(26-15)20(14-25-29)23(30)27-19-9-7-18(8-10-19)24(31)28-12-11-17-5-3-4-6-21(17)28/h3-10,13-14H,11-12H2,1-2H3,(H,27,30). The van der Waals surface area contributed by atoms with Crippen LogP contribution in [0.3, 0.4) is 0 Å². The highest BCUT2D eigenvalue weighted by atomic mass is 16.2. The Bertz CT molecular complexity index is 1320. The molecule has 0 bridgehead atoms. The van der Waals surface area contributed by atoms with Crippen LogP contribution < -0.4 is 10.2 Å². The molecular formula is C24H21N5O2. The van der Waals surface area contributed by atoms with Crippen molar-refractivity contribution in [2.45, 2.75) is 20.3 Å². The quantitative estimate of drug-likeness (QED) is 0.556. The van der Waals surface area contributed by atoms with E-state index in [0.29, 0.717) is 29.0 Å². The lowest BCUT2D eigenvalue weighted by molar-refractivity contribution is 0.0988. The van der Waals surface area contributed by atoms with E-state index < -0.39 is 0 Å². The second-order valence-corrected chi connectivity index (χ2v) is 7.70. The molecule has 0 unspecified atom stereocenters. The minimum Gasteiger partial charge on any atom is -0.322 e. The second kappa shape index (κ2) is 7.36. The number of fused-ring (bicyclic) bond motifs is 2. The molecule has 0 radical (unpaired) electrons. The Morgan fingerprint density at radius 2 is 1.81 bits per heavy atom. The Balaban J connectivity index is 1.34. The maximum atomic E-state index is 13.0. The number of hydrogen-bond donors (Lipinski definition) is 1. The number of nitrogens with one attached hydrogen (secondary N) is 1. The van der Waals surface area contributed by atoms with Crippen LogP contribution in [0.4, 0.5) is 11.4 Å². The molecule has 1 N–H and O–H groups in total. The number of benzene rings is 2. The highest BCUT2D eigenvalue weighted by molar-refractivity contribution is 6.09. The average molecular weight is 411 g/mol. The van der Waals surface area contributed by atoms with Gasteiger partial charge in [0.2, 0.25) is 0 Å². The van der Waals surface area contributed by atoms with Gasteiger partial charge in [0.05, 0.1) is 6.20 Å². The molecule has 0 aliphatic carbocycles. The highest BCUT2D eigenvalue weighted by Gasteiger charge is 2.25. The van der Waals surface area contributed by atoms with Crippen LogP contribution in [0.5, 0.6) is 0 Å². The largest absolute Gasteiger partial charge is 0.322 e. The van der Waals surface area contributed by atoms with E-state index >= 15 is 0 Å². The molecule has 2 amide bonds. The summed E-state index contributed by atoms with van der Waals surface area (Å²) < 4.78 is 1.65. The van der Waals surface area contributed by atoms with Crippen LogP contribution in [0.15, 0.2) is 60.8 Å². The summed E-state index contributed by atoms with van der Waals surface area (Å²) in [6.07, 6.45) is 2.38. The average Bonchev–Trinajstić information content (AvgIpc) is 3.38. The van der Waals surface area contributed by atoms with Gasteiger partial charge < -0.3 is 10.2 Å². The van der Waals surface area contributed by atoms with E-state index in [9.17, 15) is 9.59 Å². The fraction of sp³-hybridized carbons (Fsp3) is 0.167. The lowest BCUT2D eigenvalue weighted by Gasteiger charge is -2.17. The zero-order valence-electron chi connectivity index (χ0n) is 17.3. The van der Waals surface area contributed by atoms with Crippen molar-refractivity contribution in [3.63, 3.8) is 0 Å². The van der Waals surface area contributed by atoms with E-state index in [1.54, 1.807) is 33.7 Å². The van der Waals surface area contributed by atoms with Crippen LogP contribution in [-0.4, -0.2) is 33.0 Å². The van der Waals surface area contributed by atoms with E-state index in [2.05, 4.69) is 21.5 Å². The van der Waals surface area contributed by atoms with Crippen LogP contribution in [0.2, 0.25) is 0 Å². The van der Waals surface area contributed by atoms with E-state index in [0.717, 1.165) is 23.5 Å². The SMILES string of the molecule is Cc1cc(C)n2ncc(C(=O)Nc3ccc(C(=O)N4CCc5ccccc54)cc3)c2n1. The number of carbonyl (C=O) groups is 2. The van der Waals surface area contributed by atoms with Crippen molar-refractivity contribution in [2.75, 3.05) is 16.8 Å². The van der Waals surface area contributed by atoms with E-state index in [-0.39, 0.29) is 11.8 Å². The smallest absolute Gasteiger partial charge is 0.261 e. The first-order valence-electron chi connectivity index (χ1n) is 10.1. The third-order valence-corrected chi connectivity index (χ3v) is 5.54. The first kappa shape index (κ1) is 19.0. The number of carbonyl (C=O) groups excluding carboxylic acids is 2. The van der Waals surface area contributed by atoms with Crippen molar-refractivity contribution in [1.29, 1.82) is 0 Å². The summed E-state index contributed by atoms with van der Waals surface area (Å²) in [5, 5.41) is 7.13. The van der Waals surface area contributed by atoms with Crippen LogP contribution in [0.25, 0.3) is 5.65 Å². The zero-order valence-corrected chi connectivity index (χ0v) is 17.3. The summed E-state index contributed by atoms with van der Waals surface area (Å²) in [5.74, 6) is -0.333. The summed E-state index contributed by atoms with van der Waals surface area (Å²) in [5.41, 5.74) is 6.00. The third kappa shape index (κ3) is 3.34. The van der Waals surface area contributed by atoms with Crippen LogP contribution in [0, 0.1) is 13.8 Å².